The number of H-pyrrole nitrogens is 1. The number of fused-ring (bicyclic) bond motifs is 1. The van der Waals surface area contributed by atoms with Crippen molar-refractivity contribution in [2.24, 2.45) is 0 Å². The van der Waals surface area contributed by atoms with Gasteiger partial charge in [-0.05, 0) is 24.3 Å². The summed E-state index contributed by atoms with van der Waals surface area (Å²) in [6.07, 6.45) is 0. The molecule has 0 spiro atoms. The van der Waals surface area contributed by atoms with E-state index < -0.39 is 5.56 Å². The zero-order valence-corrected chi connectivity index (χ0v) is 16.5. The van der Waals surface area contributed by atoms with Crippen LogP contribution in [-0.2, 0) is 4.79 Å². The number of para-hydroxylation sites is 3. The maximum absolute atomic E-state index is 12.4. The van der Waals surface area contributed by atoms with Crippen molar-refractivity contribution < 1.29 is 14.6 Å². The minimum Gasteiger partial charge on any atom is -0.506 e. The second-order valence-electron chi connectivity index (χ2n) is 5.92. The van der Waals surface area contributed by atoms with Gasteiger partial charge in [0.15, 0.2) is 15.7 Å². The molecule has 4 aromatic rings. The molecule has 0 bridgehead atoms. The lowest BCUT2D eigenvalue weighted by Crippen LogP contribution is -2.14. The molecule has 146 valence electrons. The SMILES string of the molecule is O=C(CSc1nc2[nH]c(=O)cc(O)c2s1)Nc1ccccc1Oc1ccccc1. The van der Waals surface area contributed by atoms with E-state index in [4.69, 9.17) is 4.74 Å². The van der Waals surface area contributed by atoms with Crippen molar-refractivity contribution in [1.29, 1.82) is 0 Å². The molecule has 0 saturated heterocycles. The molecule has 2 aromatic carbocycles. The van der Waals surface area contributed by atoms with Gasteiger partial charge in [-0.2, -0.15) is 0 Å². The standard InChI is InChI=1S/C20H15N3O4S2/c24-14-10-16(25)22-19-18(14)29-20(23-19)28-11-17(26)21-13-8-4-5-9-15(13)27-12-6-2-1-3-7-12/h1-10H,11H2,(H,21,26)(H2,22,24,25). The number of aromatic amines is 1. The van der Waals surface area contributed by atoms with Crippen LogP contribution in [0.4, 0.5) is 5.69 Å². The van der Waals surface area contributed by atoms with Gasteiger partial charge in [-0.15, -0.1) is 11.3 Å². The second-order valence-corrected chi connectivity index (χ2v) is 8.15. The Bertz CT molecular complexity index is 1220. The third-order valence-electron chi connectivity index (χ3n) is 3.81. The molecular weight excluding hydrogens is 410 g/mol. The first kappa shape index (κ1) is 19.0. The first-order chi connectivity index (χ1) is 14.1. The predicted molar refractivity (Wildman–Crippen MR) is 114 cm³/mol. The molecule has 0 aliphatic heterocycles. The van der Waals surface area contributed by atoms with E-state index in [1.54, 1.807) is 12.1 Å². The largest absolute Gasteiger partial charge is 0.506 e. The summed E-state index contributed by atoms with van der Waals surface area (Å²) in [6, 6.07) is 17.6. The molecule has 0 aliphatic carbocycles. The Labute approximate surface area is 173 Å². The monoisotopic (exact) mass is 425 g/mol. The summed E-state index contributed by atoms with van der Waals surface area (Å²) in [5.74, 6) is 0.983. The molecule has 3 N–H and O–H groups in total. The van der Waals surface area contributed by atoms with Gasteiger partial charge in [0.2, 0.25) is 5.91 Å². The van der Waals surface area contributed by atoms with E-state index in [9.17, 15) is 14.7 Å². The molecule has 9 heteroatoms. The minimum absolute atomic E-state index is 0.116. The topological polar surface area (TPSA) is 104 Å². The maximum Gasteiger partial charge on any atom is 0.253 e. The molecular formula is C20H15N3O4S2. The maximum atomic E-state index is 12.4. The van der Waals surface area contributed by atoms with E-state index in [1.807, 2.05) is 42.5 Å². The average Bonchev–Trinajstić information content (AvgIpc) is 3.12. The van der Waals surface area contributed by atoms with Crippen molar-refractivity contribution in [3.8, 4) is 17.2 Å². The number of pyridine rings is 1. The van der Waals surface area contributed by atoms with Gasteiger partial charge in [0.1, 0.15) is 16.2 Å². The molecule has 7 nitrogen and oxygen atoms in total. The average molecular weight is 425 g/mol. The van der Waals surface area contributed by atoms with Crippen LogP contribution in [-0.4, -0.2) is 26.7 Å². The van der Waals surface area contributed by atoms with E-state index in [0.29, 0.717) is 31.9 Å². The number of thiazole rings is 1. The Morgan fingerprint density at radius 1 is 1.17 bits per heavy atom. The quantitative estimate of drug-likeness (QED) is 0.400. The fourth-order valence-electron chi connectivity index (χ4n) is 2.55. The smallest absolute Gasteiger partial charge is 0.253 e. The third kappa shape index (κ3) is 4.58. The number of ether oxygens (including phenoxy) is 1. The van der Waals surface area contributed by atoms with Crippen LogP contribution in [0.25, 0.3) is 10.3 Å². The molecule has 0 unspecified atom stereocenters. The van der Waals surface area contributed by atoms with Crippen molar-refractivity contribution in [3.05, 3.63) is 71.0 Å². The van der Waals surface area contributed by atoms with E-state index in [1.165, 1.54) is 23.1 Å². The van der Waals surface area contributed by atoms with Crippen LogP contribution in [0.1, 0.15) is 0 Å². The predicted octanol–water partition coefficient (Wildman–Crippen LogP) is 4.21. The van der Waals surface area contributed by atoms with Crippen LogP contribution in [0.2, 0.25) is 0 Å². The number of hydrogen-bond donors (Lipinski definition) is 3. The molecule has 2 heterocycles. The lowest BCUT2D eigenvalue weighted by atomic mass is 10.3. The molecule has 29 heavy (non-hydrogen) atoms. The molecule has 0 aliphatic rings. The van der Waals surface area contributed by atoms with Crippen LogP contribution in [0.3, 0.4) is 0 Å². The van der Waals surface area contributed by atoms with Crippen LogP contribution < -0.4 is 15.6 Å². The molecule has 0 fully saturated rings. The third-order valence-corrected chi connectivity index (χ3v) is 6.03. The van der Waals surface area contributed by atoms with Crippen molar-refractivity contribution >= 4 is 45.0 Å². The van der Waals surface area contributed by atoms with Crippen LogP contribution >= 0.6 is 23.1 Å². The summed E-state index contributed by atoms with van der Waals surface area (Å²) in [5, 5.41) is 12.7. The number of nitrogens with zero attached hydrogens (tertiary/aromatic N) is 1. The number of rotatable bonds is 6. The Morgan fingerprint density at radius 3 is 2.76 bits per heavy atom. The van der Waals surface area contributed by atoms with Crippen molar-refractivity contribution in [3.63, 3.8) is 0 Å². The molecule has 4 rings (SSSR count). The van der Waals surface area contributed by atoms with Gasteiger partial charge in [0, 0.05) is 6.07 Å². The molecule has 0 radical (unpaired) electrons. The lowest BCUT2D eigenvalue weighted by molar-refractivity contribution is -0.113. The van der Waals surface area contributed by atoms with Crippen molar-refractivity contribution in [1.82, 2.24) is 9.97 Å². The van der Waals surface area contributed by atoms with E-state index >= 15 is 0 Å². The summed E-state index contributed by atoms with van der Waals surface area (Å²) >= 11 is 2.43. The molecule has 0 atom stereocenters. The fraction of sp³-hybridized carbons (Fsp3) is 0.0500. The Balaban J connectivity index is 1.43. The Kier molecular flexibility index (Phi) is 5.50. The lowest BCUT2D eigenvalue weighted by Gasteiger charge is -2.11. The highest BCUT2D eigenvalue weighted by Gasteiger charge is 2.13. The van der Waals surface area contributed by atoms with E-state index in [-0.39, 0.29) is 17.4 Å². The summed E-state index contributed by atoms with van der Waals surface area (Å²) < 4.78 is 6.90. The van der Waals surface area contributed by atoms with Gasteiger partial charge in [-0.1, -0.05) is 42.1 Å². The van der Waals surface area contributed by atoms with Gasteiger partial charge < -0.3 is 20.1 Å². The first-order valence-corrected chi connectivity index (χ1v) is 10.4. The van der Waals surface area contributed by atoms with Crippen LogP contribution in [0, 0.1) is 0 Å². The van der Waals surface area contributed by atoms with Gasteiger partial charge in [0.25, 0.3) is 5.56 Å². The summed E-state index contributed by atoms with van der Waals surface area (Å²) in [6.45, 7) is 0. The number of hydrogen-bond acceptors (Lipinski definition) is 7. The van der Waals surface area contributed by atoms with Gasteiger partial charge in [0.05, 0.1) is 11.4 Å². The molecule has 1 amide bonds. The second kappa shape index (κ2) is 8.38. The Hall–Kier alpha value is -3.30. The number of amides is 1. The minimum atomic E-state index is -0.426. The van der Waals surface area contributed by atoms with Gasteiger partial charge in [-0.25, -0.2) is 4.98 Å². The number of thioether (sulfide) groups is 1. The normalized spacial score (nSPS) is 10.8. The highest BCUT2D eigenvalue weighted by molar-refractivity contribution is 8.01. The number of anilines is 1. The first-order valence-electron chi connectivity index (χ1n) is 8.56. The van der Waals surface area contributed by atoms with Crippen molar-refractivity contribution in [2.75, 3.05) is 11.1 Å². The number of benzene rings is 2. The fourth-order valence-corrected chi connectivity index (χ4v) is 4.36. The number of aromatic nitrogens is 2. The molecule has 2 aromatic heterocycles. The number of aromatic hydroxyl groups is 1. The number of nitrogens with one attached hydrogen (secondary N) is 2. The summed E-state index contributed by atoms with van der Waals surface area (Å²) in [5.41, 5.74) is 0.447. The zero-order valence-electron chi connectivity index (χ0n) is 14.9. The Morgan fingerprint density at radius 2 is 1.93 bits per heavy atom. The zero-order chi connectivity index (χ0) is 20.2. The van der Waals surface area contributed by atoms with E-state index in [2.05, 4.69) is 15.3 Å². The van der Waals surface area contributed by atoms with Crippen molar-refractivity contribution in [2.45, 2.75) is 4.34 Å². The van der Waals surface area contributed by atoms with Gasteiger partial charge >= 0.3 is 0 Å². The van der Waals surface area contributed by atoms with E-state index in [0.717, 1.165) is 6.07 Å². The summed E-state index contributed by atoms with van der Waals surface area (Å²) in [4.78, 5) is 30.6. The molecule has 0 saturated carbocycles. The van der Waals surface area contributed by atoms with Crippen LogP contribution in [0.15, 0.2) is 69.8 Å². The number of carbonyl (C=O) groups excluding carboxylic acids is 1. The summed E-state index contributed by atoms with van der Waals surface area (Å²) in [7, 11) is 0. The van der Waals surface area contributed by atoms with Crippen LogP contribution in [0.5, 0.6) is 17.2 Å². The number of carbonyl (C=O) groups is 1. The highest BCUT2D eigenvalue weighted by atomic mass is 32.2. The highest BCUT2D eigenvalue weighted by Crippen LogP contribution is 2.33. The van der Waals surface area contributed by atoms with Gasteiger partial charge in [-0.3, -0.25) is 9.59 Å².